The Labute approximate surface area is 159 Å². The second kappa shape index (κ2) is 9.32. The average molecular weight is 365 g/mol. The van der Waals surface area contributed by atoms with Crippen LogP contribution in [0.25, 0.3) is 0 Å². The fourth-order valence-corrected chi connectivity index (χ4v) is 3.65. The van der Waals surface area contributed by atoms with Crippen LogP contribution in [-0.2, 0) is 17.8 Å². The molecule has 0 spiro atoms. The minimum absolute atomic E-state index is 0.0314. The summed E-state index contributed by atoms with van der Waals surface area (Å²) in [4.78, 5) is 16.0. The molecule has 0 radical (unpaired) electrons. The monoisotopic (exact) mass is 364 g/mol. The van der Waals surface area contributed by atoms with Crippen molar-refractivity contribution in [3.63, 3.8) is 0 Å². The maximum absolute atomic E-state index is 12.6. The Hall–Kier alpha value is -2.43. The maximum Gasteiger partial charge on any atom is 0.238 e. The molecule has 0 atom stereocenters. The Kier molecular flexibility index (Phi) is 6.58. The summed E-state index contributed by atoms with van der Waals surface area (Å²) in [5.41, 5.74) is 3.27. The molecule has 4 heteroatoms. The molecule has 134 valence electrons. The number of likely N-dealkylation sites (N-methyl/N-ethyl adjacent to an activating group) is 1. The summed E-state index contributed by atoms with van der Waals surface area (Å²) in [7, 11) is 0. The van der Waals surface area contributed by atoms with Gasteiger partial charge in [-0.1, -0.05) is 61.5 Å². The predicted octanol–water partition coefficient (Wildman–Crippen LogP) is 4.80. The van der Waals surface area contributed by atoms with Gasteiger partial charge in [-0.05, 0) is 41.6 Å². The summed E-state index contributed by atoms with van der Waals surface area (Å²) >= 11 is 1.73. The molecule has 0 unspecified atom stereocenters. The van der Waals surface area contributed by atoms with Gasteiger partial charge in [0.2, 0.25) is 5.91 Å². The number of carbonyl (C=O) groups is 1. The van der Waals surface area contributed by atoms with Crippen LogP contribution in [0.1, 0.15) is 22.9 Å². The van der Waals surface area contributed by atoms with Gasteiger partial charge < -0.3 is 5.32 Å². The van der Waals surface area contributed by atoms with Gasteiger partial charge in [-0.15, -0.1) is 11.3 Å². The lowest BCUT2D eigenvalue weighted by Crippen LogP contribution is -2.32. The lowest BCUT2D eigenvalue weighted by molar-refractivity contribution is -0.117. The van der Waals surface area contributed by atoms with Crippen LogP contribution in [0.5, 0.6) is 0 Å². The number of anilines is 1. The molecule has 0 saturated carbocycles. The number of para-hydroxylation sites is 1. The summed E-state index contributed by atoms with van der Waals surface area (Å²) in [6, 6.07) is 22.5. The van der Waals surface area contributed by atoms with E-state index in [1.165, 1.54) is 10.4 Å². The van der Waals surface area contributed by atoms with Crippen molar-refractivity contribution in [3.05, 3.63) is 88.1 Å². The van der Waals surface area contributed by atoms with Crippen molar-refractivity contribution in [2.45, 2.75) is 19.9 Å². The molecule has 3 nitrogen and oxygen atoms in total. The minimum atomic E-state index is 0.0314. The van der Waals surface area contributed by atoms with Crippen LogP contribution in [0.2, 0.25) is 0 Å². The van der Waals surface area contributed by atoms with Crippen LogP contribution in [-0.4, -0.2) is 23.9 Å². The Morgan fingerprint density at radius 2 is 1.77 bits per heavy atom. The lowest BCUT2D eigenvalue weighted by atomic mass is 10.0. The molecule has 0 saturated heterocycles. The highest BCUT2D eigenvalue weighted by atomic mass is 32.1. The fourth-order valence-electron chi connectivity index (χ4n) is 2.91. The van der Waals surface area contributed by atoms with Crippen molar-refractivity contribution in [1.29, 1.82) is 0 Å². The van der Waals surface area contributed by atoms with Crippen LogP contribution < -0.4 is 5.32 Å². The highest BCUT2D eigenvalue weighted by Gasteiger charge is 2.12. The standard InChI is InChI=1S/C22H24N2OS/c1-2-24(16-20-12-8-14-26-20)17-22(25)23-21-13-7-6-11-19(21)15-18-9-4-3-5-10-18/h3-14H,2,15-17H2,1H3,(H,23,25). The predicted molar refractivity (Wildman–Crippen MR) is 110 cm³/mol. The van der Waals surface area contributed by atoms with Crippen LogP contribution in [0.15, 0.2) is 72.1 Å². The number of hydrogen-bond donors (Lipinski definition) is 1. The molecule has 0 fully saturated rings. The summed E-state index contributed by atoms with van der Waals surface area (Å²) < 4.78 is 0. The van der Waals surface area contributed by atoms with Gasteiger partial charge in [0.05, 0.1) is 6.54 Å². The number of benzene rings is 2. The van der Waals surface area contributed by atoms with Gasteiger partial charge in [-0.25, -0.2) is 0 Å². The molecule has 1 N–H and O–H groups in total. The quantitative estimate of drug-likeness (QED) is 0.623. The van der Waals surface area contributed by atoms with Gasteiger partial charge >= 0.3 is 0 Å². The third-order valence-electron chi connectivity index (χ3n) is 4.30. The summed E-state index contributed by atoms with van der Waals surface area (Å²) in [6.07, 6.45) is 0.810. The van der Waals surface area contributed by atoms with Gasteiger partial charge in [0.25, 0.3) is 0 Å². The topological polar surface area (TPSA) is 32.3 Å². The van der Waals surface area contributed by atoms with Crippen molar-refractivity contribution in [2.24, 2.45) is 0 Å². The molecular weight excluding hydrogens is 340 g/mol. The molecular formula is C22H24N2OS. The zero-order valence-corrected chi connectivity index (χ0v) is 15.8. The van der Waals surface area contributed by atoms with E-state index in [-0.39, 0.29) is 5.91 Å². The van der Waals surface area contributed by atoms with Crippen LogP contribution in [0.3, 0.4) is 0 Å². The number of nitrogens with zero attached hydrogens (tertiary/aromatic N) is 1. The molecule has 1 amide bonds. The number of nitrogens with one attached hydrogen (secondary N) is 1. The molecule has 1 heterocycles. The number of thiophene rings is 1. The van der Waals surface area contributed by atoms with Crippen LogP contribution >= 0.6 is 11.3 Å². The number of hydrogen-bond acceptors (Lipinski definition) is 3. The molecule has 1 aromatic heterocycles. The van der Waals surface area contributed by atoms with E-state index >= 15 is 0 Å². The third kappa shape index (κ3) is 5.28. The highest BCUT2D eigenvalue weighted by Crippen LogP contribution is 2.19. The van der Waals surface area contributed by atoms with Crippen LogP contribution in [0, 0.1) is 0 Å². The van der Waals surface area contributed by atoms with Crippen molar-refractivity contribution >= 4 is 22.9 Å². The molecule has 0 aliphatic rings. The average Bonchev–Trinajstić information content (AvgIpc) is 3.17. The second-order valence-electron chi connectivity index (χ2n) is 6.25. The summed E-state index contributed by atoms with van der Waals surface area (Å²) in [6.45, 7) is 4.14. The van der Waals surface area contributed by atoms with Crippen molar-refractivity contribution < 1.29 is 4.79 Å². The van der Waals surface area contributed by atoms with E-state index in [9.17, 15) is 4.79 Å². The molecule has 0 bridgehead atoms. The summed E-state index contributed by atoms with van der Waals surface area (Å²) in [5.74, 6) is 0.0314. The van der Waals surface area contributed by atoms with Crippen molar-refractivity contribution in [3.8, 4) is 0 Å². The fraction of sp³-hybridized carbons (Fsp3) is 0.227. The van der Waals surface area contributed by atoms with Gasteiger partial charge in [0.15, 0.2) is 0 Å². The van der Waals surface area contributed by atoms with E-state index in [4.69, 9.17) is 0 Å². The van der Waals surface area contributed by atoms with E-state index in [0.29, 0.717) is 6.54 Å². The zero-order chi connectivity index (χ0) is 18.2. The van der Waals surface area contributed by atoms with Gasteiger partial charge in [0.1, 0.15) is 0 Å². The molecule has 26 heavy (non-hydrogen) atoms. The molecule has 3 aromatic rings. The van der Waals surface area contributed by atoms with E-state index in [0.717, 1.165) is 30.8 Å². The highest BCUT2D eigenvalue weighted by molar-refractivity contribution is 7.09. The van der Waals surface area contributed by atoms with Gasteiger partial charge in [-0.3, -0.25) is 9.69 Å². The van der Waals surface area contributed by atoms with E-state index in [1.807, 2.05) is 42.5 Å². The largest absolute Gasteiger partial charge is 0.325 e. The number of rotatable bonds is 8. The van der Waals surface area contributed by atoms with Gasteiger partial charge in [-0.2, -0.15) is 0 Å². The minimum Gasteiger partial charge on any atom is -0.325 e. The first-order chi connectivity index (χ1) is 12.7. The lowest BCUT2D eigenvalue weighted by Gasteiger charge is -2.19. The first-order valence-electron chi connectivity index (χ1n) is 8.91. The maximum atomic E-state index is 12.6. The first kappa shape index (κ1) is 18.4. The third-order valence-corrected chi connectivity index (χ3v) is 5.16. The smallest absolute Gasteiger partial charge is 0.238 e. The Bertz CT molecular complexity index is 815. The summed E-state index contributed by atoms with van der Waals surface area (Å²) in [5, 5.41) is 5.17. The van der Waals surface area contributed by atoms with Gasteiger partial charge in [0, 0.05) is 17.1 Å². The normalized spacial score (nSPS) is 10.8. The molecule has 0 aliphatic heterocycles. The Morgan fingerprint density at radius 3 is 2.50 bits per heavy atom. The van der Waals surface area contributed by atoms with Crippen molar-refractivity contribution in [1.82, 2.24) is 4.90 Å². The van der Waals surface area contributed by atoms with E-state index in [1.54, 1.807) is 11.3 Å². The number of amides is 1. The number of carbonyl (C=O) groups excluding carboxylic acids is 1. The van der Waals surface area contributed by atoms with Crippen molar-refractivity contribution in [2.75, 3.05) is 18.4 Å². The van der Waals surface area contributed by atoms with E-state index < -0.39 is 0 Å². The van der Waals surface area contributed by atoms with E-state index in [2.05, 4.69) is 46.8 Å². The second-order valence-corrected chi connectivity index (χ2v) is 7.28. The molecule has 2 aromatic carbocycles. The zero-order valence-electron chi connectivity index (χ0n) is 15.0. The van der Waals surface area contributed by atoms with Crippen LogP contribution in [0.4, 0.5) is 5.69 Å². The Morgan fingerprint density at radius 1 is 1.00 bits per heavy atom. The first-order valence-corrected chi connectivity index (χ1v) is 9.79. The Balaban J connectivity index is 1.63. The SMILES string of the molecule is CCN(CC(=O)Nc1ccccc1Cc1ccccc1)Cc1cccs1. The molecule has 3 rings (SSSR count). The molecule has 0 aliphatic carbocycles.